The first-order valence-corrected chi connectivity index (χ1v) is 6.88. The standard InChI is InChI=1S/C13H19NO2S/c1-9-5-6-14(7-11(9)15)8-12(16)13-4-3-10(2)17-13/h3-4,9,11,15H,5-8H2,1-2H3. The molecule has 0 aliphatic carbocycles. The van der Waals surface area contributed by atoms with Crippen molar-refractivity contribution in [2.45, 2.75) is 26.4 Å². The lowest BCUT2D eigenvalue weighted by Gasteiger charge is -2.33. The van der Waals surface area contributed by atoms with Crippen molar-refractivity contribution in [2.24, 2.45) is 5.92 Å². The highest BCUT2D eigenvalue weighted by Crippen LogP contribution is 2.19. The van der Waals surface area contributed by atoms with Crippen LogP contribution in [0.4, 0.5) is 0 Å². The van der Waals surface area contributed by atoms with Gasteiger partial charge in [-0.1, -0.05) is 6.92 Å². The molecule has 1 fully saturated rings. The Balaban J connectivity index is 1.91. The SMILES string of the molecule is Cc1ccc(C(=O)CN2CCC(C)C(O)C2)s1. The fourth-order valence-electron chi connectivity index (χ4n) is 2.12. The average molecular weight is 253 g/mol. The Labute approximate surface area is 106 Å². The monoisotopic (exact) mass is 253 g/mol. The number of β-amino-alcohol motifs (C(OH)–C–C–N with tert-alkyl or cyclic N) is 1. The molecule has 3 nitrogen and oxygen atoms in total. The minimum atomic E-state index is -0.290. The van der Waals surface area contributed by atoms with E-state index in [-0.39, 0.29) is 11.9 Å². The molecule has 0 aromatic carbocycles. The molecule has 2 unspecified atom stereocenters. The van der Waals surface area contributed by atoms with Gasteiger partial charge in [0.1, 0.15) is 0 Å². The summed E-state index contributed by atoms with van der Waals surface area (Å²) in [6.07, 6.45) is 0.680. The smallest absolute Gasteiger partial charge is 0.186 e. The van der Waals surface area contributed by atoms with Crippen molar-refractivity contribution in [3.8, 4) is 0 Å². The Morgan fingerprint density at radius 2 is 2.35 bits per heavy atom. The van der Waals surface area contributed by atoms with Crippen LogP contribution in [0.15, 0.2) is 12.1 Å². The summed E-state index contributed by atoms with van der Waals surface area (Å²) in [4.78, 5) is 16.1. The van der Waals surface area contributed by atoms with Crippen LogP contribution in [0.25, 0.3) is 0 Å². The number of piperidine rings is 1. The van der Waals surface area contributed by atoms with Crippen LogP contribution in [0.3, 0.4) is 0 Å². The van der Waals surface area contributed by atoms with Gasteiger partial charge in [0.05, 0.1) is 17.5 Å². The normalized spacial score (nSPS) is 26.1. The molecule has 1 aromatic rings. The maximum absolute atomic E-state index is 12.0. The van der Waals surface area contributed by atoms with E-state index in [1.807, 2.05) is 19.1 Å². The van der Waals surface area contributed by atoms with Crippen LogP contribution in [-0.4, -0.2) is 41.5 Å². The van der Waals surface area contributed by atoms with Crippen LogP contribution in [0, 0.1) is 12.8 Å². The number of Topliss-reactive ketones (excluding diaryl/α,β-unsaturated/α-hetero) is 1. The van der Waals surface area contributed by atoms with Crippen molar-refractivity contribution in [3.05, 3.63) is 21.9 Å². The highest BCUT2D eigenvalue weighted by Gasteiger charge is 2.25. The van der Waals surface area contributed by atoms with Gasteiger partial charge >= 0.3 is 0 Å². The van der Waals surface area contributed by atoms with Crippen molar-refractivity contribution in [1.82, 2.24) is 4.90 Å². The van der Waals surface area contributed by atoms with Gasteiger partial charge in [-0.05, 0) is 37.9 Å². The van der Waals surface area contributed by atoms with Crippen LogP contribution >= 0.6 is 11.3 Å². The number of hydrogen-bond acceptors (Lipinski definition) is 4. The van der Waals surface area contributed by atoms with Crippen LogP contribution in [0.5, 0.6) is 0 Å². The number of aliphatic hydroxyl groups is 1. The lowest BCUT2D eigenvalue weighted by molar-refractivity contribution is 0.0295. The Morgan fingerprint density at radius 3 is 2.94 bits per heavy atom. The number of rotatable bonds is 3. The summed E-state index contributed by atoms with van der Waals surface area (Å²) in [5, 5.41) is 9.79. The quantitative estimate of drug-likeness (QED) is 0.837. The summed E-state index contributed by atoms with van der Waals surface area (Å²) in [5.41, 5.74) is 0. The zero-order valence-corrected chi connectivity index (χ0v) is 11.2. The fraction of sp³-hybridized carbons (Fsp3) is 0.615. The number of thiophene rings is 1. The second-order valence-electron chi connectivity index (χ2n) is 4.90. The van der Waals surface area contributed by atoms with Crippen LogP contribution in [-0.2, 0) is 0 Å². The van der Waals surface area contributed by atoms with Gasteiger partial charge in [0.2, 0.25) is 0 Å². The molecule has 94 valence electrons. The van der Waals surface area contributed by atoms with Crippen molar-refractivity contribution < 1.29 is 9.90 Å². The second kappa shape index (κ2) is 5.29. The van der Waals surface area contributed by atoms with Crippen molar-refractivity contribution in [1.29, 1.82) is 0 Å². The second-order valence-corrected chi connectivity index (χ2v) is 6.19. The van der Waals surface area contributed by atoms with Gasteiger partial charge in [0.25, 0.3) is 0 Å². The molecule has 2 atom stereocenters. The molecule has 1 aromatic heterocycles. The van der Waals surface area contributed by atoms with Gasteiger partial charge in [-0.3, -0.25) is 9.69 Å². The summed E-state index contributed by atoms with van der Waals surface area (Å²) < 4.78 is 0. The molecule has 0 saturated carbocycles. The molecular weight excluding hydrogens is 234 g/mol. The summed E-state index contributed by atoms with van der Waals surface area (Å²) in [6, 6.07) is 3.87. The minimum Gasteiger partial charge on any atom is -0.392 e. The van der Waals surface area contributed by atoms with E-state index in [1.165, 1.54) is 4.88 Å². The van der Waals surface area contributed by atoms with E-state index >= 15 is 0 Å². The van der Waals surface area contributed by atoms with E-state index in [2.05, 4.69) is 11.8 Å². The van der Waals surface area contributed by atoms with Gasteiger partial charge in [-0.15, -0.1) is 11.3 Å². The van der Waals surface area contributed by atoms with Gasteiger partial charge in [0, 0.05) is 11.4 Å². The van der Waals surface area contributed by atoms with Crippen LogP contribution in [0.1, 0.15) is 27.9 Å². The Morgan fingerprint density at radius 1 is 1.59 bits per heavy atom. The minimum absolute atomic E-state index is 0.171. The van der Waals surface area contributed by atoms with Gasteiger partial charge in [0.15, 0.2) is 5.78 Å². The average Bonchev–Trinajstić information content (AvgIpc) is 2.70. The van der Waals surface area contributed by atoms with E-state index in [0.29, 0.717) is 19.0 Å². The first-order chi connectivity index (χ1) is 8.06. The number of nitrogens with zero attached hydrogens (tertiary/aromatic N) is 1. The van der Waals surface area contributed by atoms with E-state index < -0.39 is 0 Å². The molecule has 1 aliphatic heterocycles. The third-order valence-corrected chi connectivity index (χ3v) is 4.43. The van der Waals surface area contributed by atoms with Crippen molar-refractivity contribution >= 4 is 17.1 Å². The maximum atomic E-state index is 12.0. The molecule has 0 bridgehead atoms. The molecule has 2 rings (SSSR count). The lowest BCUT2D eigenvalue weighted by Crippen LogP contribution is -2.44. The Kier molecular flexibility index (Phi) is 3.97. The molecule has 1 N–H and O–H groups in total. The molecular formula is C13H19NO2S. The lowest BCUT2D eigenvalue weighted by atomic mass is 9.96. The number of carbonyl (C=O) groups is 1. The van der Waals surface area contributed by atoms with Crippen LogP contribution in [0.2, 0.25) is 0 Å². The molecule has 0 spiro atoms. The molecule has 17 heavy (non-hydrogen) atoms. The molecule has 0 amide bonds. The summed E-state index contributed by atoms with van der Waals surface area (Å²) in [6.45, 7) is 6.04. The number of aryl methyl sites for hydroxylation is 1. The van der Waals surface area contributed by atoms with Crippen LogP contribution < -0.4 is 0 Å². The first-order valence-electron chi connectivity index (χ1n) is 6.06. The van der Waals surface area contributed by atoms with E-state index in [1.54, 1.807) is 11.3 Å². The van der Waals surface area contributed by atoms with Crippen molar-refractivity contribution in [2.75, 3.05) is 19.6 Å². The largest absolute Gasteiger partial charge is 0.392 e. The highest BCUT2D eigenvalue weighted by atomic mass is 32.1. The third kappa shape index (κ3) is 3.15. The van der Waals surface area contributed by atoms with Gasteiger partial charge in [-0.25, -0.2) is 0 Å². The third-order valence-electron chi connectivity index (χ3n) is 3.39. The molecule has 0 radical (unpaired) electrons. The number of ketones is 1. The van der Waals surface area contributed by atoms with Gasteiger partial charge in [-0.2, -0.15) is 0 Å². The molecule has 1 aliphatic rings. The van der Waals surface area contributed by atoms with E-state index in [9.17, 15) is 9.90 Å². The predicted molar refractivity (Wildman–Crippen MR) is 69.6 cm³/mol. The van der Waals surface area contributed by atoms with Crippen molar-refractivity contribution in [3.63, 3.8) is 0 Å². The van der Waals surface area contributed by atoms with Gasteiger partial charge < -0.3 is 5.11 Å². The maximum Gasteiger partial charge on any atom is 0.186 e. The zero-order valence-electron chi connectivity index (χ0n) is 10.3. The molecule has 2 heterocycles. The fourth-order valence-corrected chi connectivity index (χ4v) is 2.92. The predicted octanol–water partition coefficient (Wildman–Crippen LogP) is 1.94. The summed E-state index contributed by atoms with van der Waals surface area (Å²) in [7, 11) is 0. The molecule has 4 heteroatoms. The topological polar surface area (TPSA) is 40.5 Å². The Hall–Kier alpha value is -0.710. The molecule has 1 saturated heterocycles. The zero-order chi connectivity index (χ0) is 12.4. The highest BCUT2D eigenvalue weighted by molar-refractivity contribution is 7.14. The number of hydrogen-bond donors (Lipinski definition) is 1. The number of likely N-dealkylation sites (tertiary alicyclic amines) is 1. The number of carbonyl (C=O) groups excluding carboxylic acids is 1. The first kappa shape index (κ1) is 12.7. The Bertz CT molecular complexity index is 402. The summed E-state index contributed by atoms with van der Waals surface area (Å²) >= 11 is 1.55. The van der Waals surface area contributed by atoms with E-state index in [0.717, 1.165) is 17.8 Å². The van der Waals surface area contributed by atoms with E-state index in [4.69, 9.17) is 0 Å². The summed E-state index contributed by atoms with van der Waals surface area (Å²) in [5.74, 6) is 0.523. The number of aliphatic hydroxyl groups excluding tert-OH is 1.